The second kappa shape index (κ2) is 8.62. The molecule has 0 radical (unpaired) electrons. The maximum Gasteiger partial charge on any atom is 0.468 e. The van der Waals surface area contributed by atoms with Gasteiger partial charge in [0.05, 0.1) is 12.9 Å². The van der Waals surface area contributed by atoms with E-state index in [0.717, 1.165) is 0 Å². The topological polar surface area (TPSA) is 116 Å². The van der Waals surface area contributed by atoms with Gasteiger partial charge < -0.3 is 14.2 Å². The summed E-state index contributed by atoms with van der Waals surface area (Å²) in [6.07, 6.45) is -8.68. The van der Waals surface area contributed by atoms with Gasteiger partial charge in [-0.25, -0.2) is 9.59 Å². The van der Waals surface area contributed by atoms with Crippen molar-refractivity contribution < 1.29 is 71.9 Å². The summed E-state index contributed by atoms with van der Waals surface area (Å²) >= 11 is 0. The predicted octanol–water partition coefficient (Wildman–Crippen LogP) is 2.48. The summed E-state index contributed by atoms with van der Waals surface area (Å²) in [5.41, 5.74) is 0. The Morgan fingerprint density at radius 2 is 1.55 bits per heavy atom. The minimum Gasteiger partial charge on any atom is -0.430 e. The maximum absolute atomic E-state index is 13.3. The minimum absolute atomic E-state index is 0.0331. The fourth-order valence-electron chi connectivity index (χ4n) is 1.38. The Hall–Kier alpha value is -2.27. The van der Waals surface area contributed by atoms with Crippen LogP contribution in [0.15, 0.2) is 25.2 Å². The van der Waals surface area contributed by atoms with Crippen LogP contribution in [0, 0.1) is 0 Å². The molecular formula is C12H10F8O8S. The van der Waals surface area contributed by atoms with Gasteiger partial charge in [0.25, 0.3) is 0 Å². The number of ether oxygens (including phenoxy) is 3. The van der Waals surface area contributed by atoms with Crippen molar-refractivity contribution in [2.45, 2.75) is 29.6 Å². The standard InChI is InChI=1S/C12H10F8O8S/c1-3-26-8(22)10(11(16,17)18,28-7(21)6(2)13)27-5-4-9(14,15)12(19,20)29(23,24)25/h3H,1-2,4-5H2,(H,23,24,25). The molecule has 1 N–H and O–H groups in total. The van der Waals surface area contributed by atoms with Crippen LogP contribution in [0.1, 0.15) is 6.42 Å². The number of rotatable bonds is 10. The monoisotopic (exact) mass is 466 g/mol. The lowest BCUT2D eigenvalue weighted by Crippen LogP contribution is -2.58. The zero-order valence-electron chi connectivity index (χ0n) is 13.6. The van der Waals surface area contributed by atoms with Gasteiger partial charge in [0.15, 0.2) is 0 Å². The quantitative estimate of drug-likeness (QED) is 0.130. The van der Waals surface area contributed by atoms with Gasteiger partial charge in [-0.3, -0.25) is 4.55 Å². The first-order valence-electron chi connectivity index (χ1n) is 6.60. The molecule has 0 fully saturated rings. The molecule has 0 saturated carbocycles. The van der Waals surface area contributed by atoms with Gasteiger partial charge in [0.1, 0.15) is 0 Å². The molecule has 0 aromatic heterocycles. The smallest absolute Gasteiger partial charge is 0.430 e. The van der Waals surface area contributed by atoms with Gasteiger partial charge in [0.2, 0.25) is 5.83 Å². The van der Waals surface area contributed by atoms with E-state index in [0.29, 0.717) is 0 Å². The summed E-state index contributed by atoms with van der Waals surface area (Å²) in [6, 6.07) is 0. The molecule has 17 heteroatoms. The number of carbonyl (C=O) groups is 2. The van der Waals surface area contributed by atoms with Crippen LogP contribution < -0.4 is 0 Å². The van der Waals surface area contributed by atoms with Crippen molar-refractivity contribution in [3.05, 3.63) is 25.2 Å². The van der Waals surface area contributed by atoms with Crippen LogP contribution in [0.3, 0.4) is 0 Å². The third-order valence-electron chi connectivity index (χ3n) is 2.76. The van der Waals surface area contributed by atoms with Gasteiger partial charge in [0, 0.05) is 6.42 Å². The molecular weight excluding hydrogens is 456 g/mol. The summed E-state index contributed by atoms with van der Waals surface area (Å²) in [7, 11) is -6.72. The van der Waals surface area contributed by atoms with Crippen LogP contribution in [-0.2, 0) is 33.9 Å². The highest BCUT2D eigenvalue weighted by Crippen LogP contribution is 2.42. The molecule has 168 valence electrons. The van der Waals surface area contributed by atoms with Crippen molar-refractivity contribution in [2.75, 3.05) is 6.61 Å². The SMILES string of the molecule is C=COC(=O)C(OCCC(F)(F)C(F)(F)S(=O)(=O)O)(OC(=O)C(=C)F)C(F)(F)F. The molecule has 8 nitrogen and oxygen atoms in total. The lowest BCUT2D eigenvalue weighted by Gasteiger charge is -2.32. The minimum atomic E-state index is -6.72. The number of esters is 2. The van der Waals surface area contributed by atoms with Crippen LogP contribution in [0.5, 0.6) is 0 Å². The molecule has 29 heavy (non-hydrogen) atoms. The fourth-order valence-corrected chi connectivity index (χ4v) is 1.86. The van der Waals surface area contributed by atoms with Crippen LogP contribution in [-0.4, -0.2) is 54.7 Å². The zero-order chi connectivity index (χ0) is 23.5. The Bertz CT molecular complexity index is 775. The van der Waals surface area contributed by atoms with Crippen molar-refractivity contribution in [1.29, 1.82) is 0 Å². The second-order valence-corrected chi connectivity index (χ2v) is 6.24. The fraction of sp³-hybridized carbons (Fsp3) is 0.500. The van der Waals surface area contributed by atoms with E-state index in [1.807, 2.05) is 0 Å². The first-order valence-corrected chi connectivity index (χ1v) is 8.04. The number of hydrogen-bond donors (Lipinski definition) is 1. The maximum atomic E-state index is 13.3. The Labute approximate surface area is 156 Å². The van der Waals surface area contributed by atoms with E-state index in [4.69, 9.17) is 4.55 Å². The Balaban J connectivity index is 5.96. The van der Waals surface area contributed by atoms with Crippen molar-refractivity contribution in [2.24, 2.45) is 0 Å². The van der Waals surface area contributed by atoms with E-state index in [1.165, 1.54) is 0 Å². The molecule has 0 aliphatic heterocycles. The van der Waals surface area contributed by atoms with Gasteiger partial charge >= 0.3 is 45.2 Å². The summed E-state index contributed by atoms with van der Waals surface area (Å²) in [5.74, 6) is -18.2. The number of hydrogen-bond acceptors (Lipinski definition) is 7. The normalized spacial score (nSPS) is 15.2. The Morgan fingerprint density at radius 3 is 1.90 bits per heavy atom. The zero-order valence-corrected chi connectivity index (χ0v) is 14.5. The van der Waals surface area contributed by atoms with E-state index in [1.54, 1.807) is 0 Å². The molecule has 0 rings (SSSR count). The first kappa shape index (κ1) is 26.7. The van der Waals surface area contributed by atoms with Crippen molar-refractivity contribution in [1.82, 2.24) is 0 Å². The van der Waals surface area contributed by atoms with Crippen molar-refractivity contribution in [3.63, 3.8) is 0 Å². The summed E-state index contributed by atoms with van der Waals surface area (Å²) in [6.45, 7) is 2.69. The van der Waals surface area contributed by atoms with E-state index >= 15 is 0 Å². The van der Waals surface area contributed by atoms with E-state index in [2.05, 4.69) is 27.4 Å². The van der Waals surface area contributed by atoms with Crippen LogP contribution in [0.25, 0.3) is 0 Å². The molecule has 0 heterocycles. The summed E-state index contributed by atoms with van der Waals surface area (Å²) < 4.78 is 145. The molecule has 0 aromatic carbocycles. The highest BCUT2D eigenvalue weighted by atomic mass is 32.2. The van der Waals surface area contributed by atoms with Gasteiger partial charge in [-0.15, -0.1) is 0 Å². The van der Waals surface area contributed by atoms with Crippen LogP contribution in [0.4, 0.5) is 35.1 Å². The van der Waals surface area contributed by atoms with Gasteiger partial charge in [-0.1, -0.05) is 13.2 Å². The summed E-state index contributed by atoms with van der Waals surface area (Å²) in [5, 5.41) is -6.17. The third-order valence-corrected chi connectivity index (χ3v) is 3.71. The van der Waals surface area contributed by atoms with Crippen molar-refractivity contribution >= 4 is 22.1 Å². The first-order chi connectivity index (χ1) is 12.8. The molecule has 0 aliphatic rings. The average Bonchev–Trinajstić information content (AvgIpc) is 2.51. The lowest BCUT2D eigenvalue weighted by molar-refractivity contribution is -0.356. The highest BCUT2D eigenvalue weighted by molar-refractivity contribution is 7.87. The number of alkyl halides is 7. The number of halogens is 8. The molecule has 1 unspecified atom stereocenters. The van der Waals surface area contributed by atoms with Gasteiger partial charge in [-0.05, 0) is 0 Å². The largest absolute Gasteiger partial charge is 0.468 e. The Kier molecular flexibility index (Phi) is 7.94. The van der Waals surface area contributed by atoms with Crippen molar-refractivity contribution in [3.8, 4) is 0 Å². The molecule has 1 atom stereocenters. The molecule has 0 bridgehead atoms. The van der Waals surface area contributed by atoms with E-state index < -0.39 is 64.1 Å². The van der Waals surface area contributed by atoms with E-state index in [-0.39, 0.29) is 6.26 Å². The molecule has 0 amide bonds. The summed E-state index contributed by atoms with van der Waals surface area (Å²) in [4.78, 5) is 22.6. The van der Waals surface area contributed by atoms with Crippen LogP contribution >= 0.6 is 0 Å². The molecule has 0 aromatic rings. The number of carbonyl (C=O) groups excluding carboxylic acids is 2. The lowest BCUT2D eigenvalue weighted by atomic mass is 10.2. The third kappa shape index (κ3) is 5.63. The predicted molar refractivity (Wildman–Crippen MR) is 73.4 cm³/mol. The van der Waals surface area contributed by atoms with E-state index in [9.17, 15) is 53.1 Å². The van der Waals surface area contributed by atoms with Gasteiger partial charge in [-0.2, -0.15) is 43.5 Å². The molecule has 0 spiro atoms. The Morgan fingerprint density at radius 1 is 1.07 bits per heavy atom. The molecule has 0 saturated heterocycles. The highest BCUT2D eigenvalue weighted by Gasteiger charge is 2.69. The van der Waals surface area contributed by atoms with Crippen LogP contribution in [0.2, 0.25) is 0 Å². The average molecular weight is 466 g/mol. The second-order valence-electron chi connectivity index (χ2n) is 4.78. The molecule has 0 aliphatic carbocycles.